The van der Waals surface area contributed by atoms with Crippen LogP contribution in [0.15, 0.2) is 12.3 Å². The number of nitrogens with one attached hydrogen (secondary N) is 1. The van der Waals surface area contributed by atoms with Crippen LogP contribution in [0.4, 0.5) is 8.78 Å². The summed E-state index contributed by atoms with van der Waals surface area (Å²) in [7, 11) is 0. The van der Waals surface area contributed by atoms with Gasteiger partial charge in [0.1, 0.15) is 0 Å². The molecule has 0 fully saturated rings. The van der Waals surface area contributed by atoms with Crippen molar-refractivity contribution >= 4 is 29.6 Å². The minimum atomic E-state index is -2.80. The van der Waals surface area contributed by atoms with Gasteiger partial charge in [-0.15, -0.1) is 5.10 Å². The molecule has 0 atom stereocenters. The van der Waals surface area contributed by atoms with E-state index in [2.05, 4.69) is 14.9 Å². The molecular formula is C4H4F2N2NaO. The molecule has 6 heteroatoms. The van der Waals surface area contributed by atoms with Gasteiger partial charge >= 0.3 is 6.61 Å². The maximum Gasteiger partial charge on any atom is 0.388 e. The zero-order valence-corrected chi connectivity index (χ0v) is 7.34. The molecule has 0 amide bonds. The molecule has 10 heavy (non-hydrogen) atoms. The Balaban J connectivity index is 0.000000810. The molecule has 0 aliphatic rings. The van der Waals surface area contributed by atoms with Gasteiger partial charge in [-0.05, 0) is 0 Å². The van der Waals surface area contributed by atoms with Crippen molar-refractivity contribution in [2.24, 2.45) is 0 Å². The number of halogens is 2. The van der Waals surface area contributed by atoms with Crippen molar-refractivity contribution in [1.29, 1.82) is 0 Å². The zero-order chi connectivity index (χ0) is 6.69. The van der Waals surface area contributed by atoms with Crippen LogP contribution in [-0.2, 0) is 0 Å². The van der Waals surface area contributed by atoms with Gasteiger partial charge in [0.25, 0.3) is 0 Å². The molecule has 0 aliphatic carbocycles. The quantitative estimate of drug-likeness (QED) is 0.639. The maximum atomic E-state index is 11.3. The number of nitrogens with zero attached hydrogens (tertiary/aromatic N) is 1. The fraction of sp³-hybridized carbons (Fsp3) is 0.250. The van der Waals surface area contributed by atoms with Gasteiger partial charge in [-0.1, -0.05) is 0 Å². The van der Waals surface area contributed by atoms with E-state index < -0.39 is 6.61 Å². The molecule has 0 aromatic carbocycles. The van der Waals surface area contributed by atoms with E-state index in [-0.39, 0.29) is 35.4 Å². The van der Waals surface area contributed by atoms with Gasteiger partial charge in [0.05, 0.1) is 0 Å². The Morgan fingerprint density at radius 1 is 1.60 bits per heavy atom. The second-order valence-corrected chi connectivity index (χ2v) is 1.29. The molecule has 0 aliphatic heterocycles. The van der Waals surface area contributed by atoms with Crippen LogP contribution in [0.25, 0.3) is 0 Å². The summed E-state index contributed by atoms with van der Waals surface area (Å²) in [6.07, 6.45) is 1.40. The maximum absolute atomic E-state index is 11.3. The summed E-state index contributed by atoms with van der Waals surface area (Å²) in [5.74, 6) is -0.0926. The molecule has 0 bridgehead atoms. The fourth-order valence-corrected chi connectivity index (χ4v) is 0.404. The van der Waals surface area contributed by atoms with E-state index in [0.29, 0.717) is 0 Å². The van der Waals surface area contributed by atoms with E-state index in [4.69, 9.17) is 0 Å². The molecule has 0 spiro atoms. The average molecular weight is 157 g/mol. The van der Waals surface area contributed by atoms with Crippen LogP contribution in [0.1, 0.15) is 0 Å². The number of rotatable bonds is 2. The standard InChI is InChI=1S/C4H4F2N2O.Na/c5-4(6)9-3-1-2-7-8-3;/h1-2,4H,(H,7,8);. The Hall–Kier alpha value is -0.130. The van der Waals surface area contributed by atoms with E-state index in [0.717, 1.165) is 0 Å². The number of H-pyrrole nitrogens is 1. The summed E-state index contributed by atoms with van der Waals surface area (Å²) < 4.78 is 26.5. The molecule has 0 saturated carbocycles. The van der Waals surface area contributed by atoms with Crippen LogP contribution in [0.2, 0.25) is 0 Å². The SMILES string of the molecule is FC(F)Oc1cc[nH]n1.[Na]. The third kappa shape index (κ3) is 3.14. The summed E-state index contributed by atoms with van der Waals surface area (Å²) in [4.78, 5) is 0. The van der Waals surface area contributed by atoms with Gasteiger partial charge in [0, 0.05) is 41.8 Å². The smallest absolute Gasteiger partial charge is 0.388 e. The predicted molar refractivity (Wildman–Crippen MR) is 31.0 cm³/mol. The van der Waals surface area contributed by atoms with Gasteiger partial charge in [-0.25, -0.2) is 0 Å². The molecular weight excluding hydrogens is 153 g/mol. The van der Waals surface area contributed by atoms with Gasteiger partial charge in [-0.3, -0.25) is 5.10 Å². The van der Waals surface area contributed by atoms with Gasteiger partial charge in [0.15, 0.2) is 0 Å². The van der Waals surface area contributed by atoms with Crippen LogP contribution >= 0.6 is 0 Å². The Bertz CT molecular complexity index is 168. The number of aromatic amines is 1. The summed E-state index contributed by atoms with van der Waals surface area (Å²) in [5, 5.41) is 5.66. The number of hydrogen-bond donors (Lipinski definition) is 1. The van der Waals surface area contributed by atoms with Crippen molar-refractivity contribution in [2.75, 3.05) is 0 Å². The van der Waals surface area contributed by atoms with E-state index in [1.54, 1.807) is 0 Å². The summed E-state index contributed by atoms with van der Waals surface area (Å²) in [5.41, 5.74) is 0. The monoisotopic (exact) mass is 157 g/mol. The zero-order valence-electron chi connectivity index (χ0n) is 5.34. The second-order valence-electron chi connectivity index (χ2n) is 1.29. The molecule has 1 N–H and O–H groups in total. The fourth-order valence-electron chi connectivity index (χ4n) is 0.404. The first-order chi connectivity index (χ1) is 4.29. The first-order valence-corrected chi connectivity index (χ1v) is 2.23. The normalized spacial score (nSPS) is 9.10. The molecule has 51 valence electrons. The Kier molecular flexibility index (Phi) is 4.59. The van der Waals surface area contributed by atoms with E-state index in [1.165, 1.54) is 12.3 Å². The van der Waals surface area contributed by atoms with E-state index in [1.807, 2.05) is 0 Å². The van der Waals surface area contributed by atoms with Crippen molar-refractivity contribution in [3.05, 3.63) is 12.3 Å². The summed E-state index contributed by atoms with van der Waals surface area (Å²) >= 11 is 0. The topological polar surface area (TPSA) is 37.9 Å². The number of aromatic nitrogens is 2. The van der Waals surface area contributed by atoms with E-state index >= 15 is 0 Å². The van der Waals surface area contributed by atoms with Gasteiger partial charge in [-0.2, -0.15) is 8.78 Å². The third-order valence-corrected chi connectivity index (χ3v) is 0.685. The molecule has 1 aromatic rings. The molecule has 0 saturated heterocycles. The predicted octanol–water partition coefficient (Wildman–Crippen LogP) is 0.630. The Morgan fingerprint density at radius 3 is 2.70 bits per heavy atom. The Morgan fingerprint density at radius 2 is 2.30 bits per heavy atom. The molecule has 3 nitrogen and oxygen atoms in total. The average Bonchev–Trinajstić information content (AvgIpc) is 2.15. The molecule has 1 rings (SSSR count). The van der Waals surface area contributed by atoms with Crippen LogP contribution in [-0.4, -0.2) is 46.4 Å². The summed E-state index contributed by atoms with van der Waals surface area (Å²) in [6, 6.07) is 1.31. The largest absolute Gasteiger partial charge is 0.415 e. The van der Waals surface area contributed by atoms with Gasteiger partial charge in [0.2, 0.25) is 5.88 Å². The van der Waals surface area contributed by atoms with Crippen molar-refractivity contribution in [3.63, 3.8) is 0 Å². The van der Waals surface area contributed by atoms with Crippen LogP contribution in [0.5, 0.6) is 5.88 Å². The number of hydrogen-bond acceptors (Lipinski definition) is 2. The van der Waals surface area contributed by atoms with Crippen LogP contribution < -0.4 is 4.74 Å². The minimum absolute atomic E-state index is 0. The van der Waals surface area contributed by atoms with Crippen LogP contribution in [0.3, 0.4) is 0 Å². The number of ether oxygens (including phenoxy) is 1. The van der Waals surface area contributed by atoms with Crippen molar-refractivity contribution in [1.82, 2.24) is 10.2 Å². The van der Waals surface area contributed by atoms with E-state index in [9.17, 15) is 8.78 Å². The minimum Gasteiger partial charge on any atom is -0.415 e. The molecule has 0 unspecified atom stereocenters. The summed E-state index contributed by atoms with van der Waals surface area (Å²) in [6.45, 7) is -2.80. The number of alkyl halides is 2. The van der Waals surface area contributed by atoms with Crippen molar-refractivity contribution in [3.8, 4) is 5.88 Å². The first-order valence-electron chi connectivity index (χ1n) is 2.23. The molecule has 1 aromatic heterocycles. The third-order valence-electron chi connectivity index (χ3n) is 0.685. The van der Waals surface area contributed by atoms with Crippen molar-refractivity contribution in [2.45, 2.75) is 6.61 Å². The molecule has 1 heterocycles. The van der Waals surface area contributed by atoms with Crippen LogP contribution in [0, 0.1) is 0 Å². The first kappa shape index (κ1) is 9.87. The van der Waals surface area contributed by atoms with Crippen molar-refractivity contribution < 1.29 is 13.5 Å². The second kappa shape index (κ2) is 4.65. The van der Waals surface area contributed by atoms with Gasteiger partial charge < -0.3 is 4.74 Å². The Labute approximate surface area is 78.1 Å². The molecule has 1 radical (unpaired) electrons.